The highest BCUT2D eigenvalue weighted by molar-refractivity contribution is 7.26. The summed E-state index contributed by atoms with van der Waals surface area (Å²) in [7, 11) is 0. The summed E-state index contributed by atoms with van der Waals surface area (Å²) >= 11 is 1.88. The number of rotatable bonds is 7. The van der Waals surface area contributed by atoms with E-state index in [1.54, 1.807) is 0 Å². The van der Waals surface area contributed by atoms with Crippen LogP contribution in [0, 0.1) is 0 Å². The number of hydrogen-bond donors (Lipinski definition) is 0. The molecular formula is C56H37NS. The second kappa shape index (κ2) is 14.4. The standard InChI is InChI=1S/C56H37NS/c1-3-13-38(14-4-1)39-25-31-44(32-26-39)57(45-33-27-42(28-34-45)48-21-12-23-52-51-19-9-10-24-55(51)58-56(48)52)54-36-30-43(37-53(54)40-15-5-2-6-16-40)47-20-11-22-49-46-18-8-7-17-41(46)29-35-50(47)49/h1-37H. The molecule has 0 saturated carbocycles. The van der Waals surface area contributed by atoms with Crippen molar-refractivity contribution in [3.05, 3.63) is 224 Å². The number of thiophene rings is 1. The SMILES string of the molecule is c1ccc(-c2ccc(N(c3ccc(-c4cccc5c4sc4ccccc45)cc3)c3ccc(-c4cccc5c4ccc4ccccc45)cc3-c3ccccc3)cc2)cc1. The first-order valence-electron chi connectivity index (χ1n) is 19.8. The Balaban J connectivity index is 1.08. The topological polar surface area (TPSA) is 3.24 Å². The molecule has 11 aromatic rings. The van der Waals surface area contributed by atoms with Gasteiger partial charge >= 0.3 is 0 Å². The highest BCUT2D eigenvalue weighted by Gasteiger charge is 2.20. The monoisotopic (exact) mass is 755 g/mol. The van der Waals surface area contributed by atoms with Crippen LogP contribution in [-0.2, 0) is 0 Å². The van der Waals surface area contributed by atoms with Gasteiger partial charge in [0.25, 0.3) is 0 Å². The first kappa shape index (κ1) is 34.0. The molecule has 0 unspecified atom stereocenters. The lowest BCUT2D eigenvalue weighted by Gasteiger charge is -2.29. The number of fused-ring (bicyclic) bond motifs is 6. The highest BCUT2D eigenvalue weighted by Crippen LogP contribution is 2.45. The number of benzene rings is 10. The van der Waals surface area contributed by atoms with Gasteiger partial charge in [0.05, 0.1) is 5.69 Å². The van der Waals surface area contributed by atoms with Crippen LogP contribution in [0.25, 0.3) is 86.2 Å². The zero-order valence-electron chi connectivity index (χ0n) is 31.7. The van der Waals surface area contributed by atoms with E-state index in [0.29, 0.717) is 0 Å². The van der Waals surface area contributed by atoms with Crippen molar-refractivity contribution in [1.29, 1.82) is 0 Å². The molecule has 58 heavy (non-hydrogen) atoms. The molecule has 1 nitrogen and oxygen atoms in total. The number of hydrogen-bond acceptors (Lipinski definition) is 2. The van der Waals surface area contributed by atoms with Crippen LogP contribution < -0.4 is 4.90 Å². The molecule has 2 heteroatoms. The Kier molecular flexibility index (Phi) is 8.42. The average molecular weight is 756 g/mol. The summed E-state index contributed by atoms with van der Waals surface area (Å²) in [6, 6.07) is 81.9. The zero-order chi connectivity index (χ0) is 38.4. The Labute approximate surface area is 342 Å². The lowest BCUT2D eigenvalue weighted by atomic mass is 9.92. The Morgan fingerprint density at radius 1 is 0.293 bits per heavy atom. The largest absolute Gasteiger partial charge is 0.310 e. The Hall–Kier alpha value is -7.26. The van der Waals surface area contributed by atoms with Crippen LogP contribution in [0.4, 0.5) is 17.1 Å². The third kappa shape index (κ3) is 5.94. The van der Waals surface area contributed by atoms with Crippen molar-refractivity contribution in [2.75, 3.05) is 4.90 Å². The van der Waals surface area contributed by atoms with E-state index in [9.17, 15) is 0 Å². The van der Waals surface area contributed by atoms with E-state index in [4.69, 9.17) is 0 Å². The molecule has 1 heterocycles. The Morgan fingerprint density at radius 2 is 0.845 bits per heavy atom. The van der Waals surface area contributed by atoms with E-state index < -0.39 is 0 Å². The fourth-order valence-corrected chi connectivity index (χ4v) is 9.90. The molecule has 11 rings (SSSR count). The molecule has 0 radical (unpaired) electrons. The second-order valence-electron chi connectivity index (χ2n) is 14.9. The molecule has 0 aliphatic carbocycles. The summed E-state index contributed by atoms with van der Waals surface area (Å²) in [6.45, 7) is 0. The molecule has 0 spiro atoms. The zero-order valence-corrected chi connectivity index (χ0v) is 32.5. The van der Waals surface area contributed by atoms with Crippen molar-refractivity contribution in [2.45, 2.75) is 0 Å². The average Bonchev–Trinajstić information content (AvgIpc) is 3.69. The van der Waals surface area contributed by atoms with Crippen molar-refractivity contribution in [2.24, 2.45) is 0 Å². The number of anilines is 3. The van der Waals surface area contributed by atoms with Gasteiger partial charge in [-0.1, -0.05) is 182 Å². The molecule has 0 fully saturated rings. The predicted molar refractivity (Wildman–Crippen MR) is 251 cm³/mol. The summed E-state index contributed by atoms with van der Waals surface area (Å²) < 4.78 is 2.65. The van der Waals surface area contributed by atoms with Gasteiger partial charge in [-0.25, -0.2) is 0 Å². The van der Waals surface area contributed by atoms with Gasteiger partial charge < -0.3 is 4.90 Å². The van der Waals surface area contributed by atoms with Gasteiger partial charge in [0.2, 0.25) is 0 Å². The van der Waals surface area contributed by atoms with Gasteiger partial charge in [-0.15, -0.1) is 11.3 Å². The Bertz CT molecular complexity index is 3250. The fourth-order valence-electron chi connectivity index (χ4n) is 8.66. The maximum absolute atomic E-state index is 2.42. The first-order valence-corrected chi connectivity index (χ1v) is 20.7. The van der Waals surface area contributed by atoms with Gasteiger partial charge in [-0.05, 0) is 103 Å². The van der Waals surface area contributed by atoms with Gasteiger partial charge in [-0.3, -0.25) is 0 Å². The van der Waals surface area contributed by atoms with E-state index in [2.05, 4.69) is 229 Å². The quantitative estimate of drug-likeness (QED) is 0.146. The minimum atomic E-state index is 1.10. The summed E-state index contributed by atoms with van der Waals surface area (Å²) in [5.74, 6) is 0. The molecule has 1 aromatic heterocycles. The molecule has 272 valence electrons. The second-order valence-corrected chi connectivity index (χ2v) is 15.9. The maximum atomic E-state index is 2.42. The first-order chi connectivity index (χ1) is 28.8. The van der Waals surface area contributed by atoms with Crippen molar-refractivity contribution < 1.29 is 0 Å². The minimum absolute atomic E-state index is 1.10. The van der Waals surface area contributed by atoms with Crippen LogP contribution in [-0.4, -0.2) is 0 Å². The summed E-state index contributed by atoms with van der Waals surface area (Å²) in [4.78, 5) is 2.42. The van der Waals surface area contributed by atoms with Crippen LogP contribution >= 0.6 is 11.3 Å². The van der Waals surface area contributed by atoms with E-state index in [-0.39, 0.29) is 0 Å². The van der Waals surface area contributed by atoms with Gasteiger partial charge in [0, 0.05) is 37.1 Å². The van der Waals surface area contributed by atoms with Crippen LogP contribution in [0.15, 0.2) is 224 Å². The third-order valence-corrected chi connectivity index (χ3v) is 12.7. The van der Waals surface area contributed by atoms with E-state index in [1.165, 1.54) is 86.2 Å². The lowest BCUT2D eigenvalue weighted by molar-refractivity contribution is 1.28. The highest BCUT2D eigenvalue weighted by atomic mass is 32.1. The molecule has 0 bridgehead atoms. The predicted octanol–water partition coefficient (Wildman–Crippen LogP) is 16.5. The normalized spacial score (nSPS) is 11.4. The lowest BCUT2D eigenvalue weighted by Crippen LogP contribution is -2.11. The summed E-state index contributed by atoms with van der Waals surface area (Å²) in [6.07, 6.45) is 0. The van der Waals surface area contributed by atoms with Crippen molar-refractivity contribution in [3.63, 3.8) is 0 Å². The van der Waals surface area contributed by atoms with E-state index in [0.717, 1.165) is 17.1 Å². The smallest absolute Gasteiger partial charge is 0.0540 e. The van der Waals surface area contributed by atoms with Crippen molar-refractivity contribution in [1.82, 2.24) is 0 Å². The van der Waals surface area contributed by atoms with E-state index >= 15 is 0 Å². The minimum Gasteiger partial charge on any atom is -0.310 e. The molecule has 0 aliphatic heterocycles. The number of nitrogens with zero attached hydrogens (tertiary/aromatic N) is 1. The van der Waals surface area contributed by atoms with Crippen LogP contribution in [0.3, 0.4) is 0 Å². The third-order valence-electron chi connectivity index (χ3n) is 11.5. The summed E-state index contributed by atoms with van der Waals surface area (Å²) in [5, 5.41) is 7.69. The van der Waals surface area contributed by atoms with Gasteiger partial charge in [-0.2, -0.15) is 0 Å². The van der Waals surface area contributed by atoms with Gasteiger partial charge in [0.15, 0.2) is 0 Å². The van der Waals surface area contributed by atoms with Crippen LogP contribution in [0.2, 0.25) is 0 Å². The molecule has 0 saturated heterocycles. The molecule has 10 aromatic carbocycles. The molecule has 0 N–H and O–H groups in total. The van der Waals surface area contributed by atoms with Gasteiger partial charge in [0.1, 0.15) is 0 Å². The summed E-state index contributed by atoms with van der Waals surface area (Å²) in [5.41, 5.74) is 12.9. The van der Waals surface area contributed by atoms with E-state index in [1.807, 2.05) is 11.3 Å². The Morgan fingerprint density at radius 3 is 1.60 bits per heavy atom. The van der Waals surface area contributed by atoms with Crippen molar-refractivity contribution >= 4 is 70.1 Å². The van der Waals surface area contributed by atoms with Crippen LogP contribution in [0.1, 0.15) is 0 Å². The van der Waals surface area contributed by atoms with Crippen LogP contribution in [0.5, 0.6) is 0 Å². The van der Waals surface area contributed by atoms with Crippen molar-refractivity contribution in [3.8, 4) is 44.5 Å². The fraction of sp³-hybridized carbons (Fsp3) is 0. The molecule has 0 atom stereocenters. The maximum Gasteiger partial charge on any atom is 0.0540 e. The molecule has 0 aliphatic rings. The molecule has 0 amide bonds. The molecular weight excluding hydrogens is 719 g/mol.